The summed E-state index contributed by atoms with van der Waals surface area (Å²) in [6.45, 7) is 0. The highest BCUT2D eigenvalue weighted by atomic mass is 19.4. The summed E-state index contributed by atoms with van der Waals surface area (Å²) in [5.41, 5.74) is -0.846. The van der Waals surface area contributed by atoms with Crippen LogP contribution in [-0.2, 0) is 11.0 Å². The number of hydrogen-bond donors (Lipinski definition) is 1. The molecule has 3 rings (SSSR count). The molecule has 1 saturated heterocycles. The number of nitrogens with zero attached hydrogens (tertiary/aromatic N) is 1. The molecule has 1 aliphatic heterocycles. The molecule has 2 aromatic carbocycles. The van der Waals surface area contributed by atoms with Crippen LogP contribution in [0.1, 0.15) is 17.2 Å². The van der Waals surface area contributed by atoms with Crippen molar-refractivity contribution in [2.45, 2.75) is 12.2 Å². The van der Waals surface area contributed by atoms with Crippen LogP contribution in [-0.4, -0.2) is 11.9 Å². The molecule has 1 aliphatic rings. The minimum absolute atomic E-state index is 0.257. The van der Waals surface area contributed by atoms with E-state index in [1.54, 1.807) is 30.3 Å². The molecule has 118 valence electrons. The molecule has 7 heteroatoms. The molecule has 0 saturated carbocycles. The normalized spacial score (nSPS) is 18.2. The van der Waals surface area contributed by atoms with Crippen LogP contribution < -0.4 is 10.2 Å². The predicted molar refractivity (Wildman–Crippen MR) is 76.6 cm³/mol. The van der Waals surface area contributed by atoms with Crippen LogP contribution >= 0.6 is 0 Å². The van der Waals surface area contributed by atoms with Gasteiger partial charge in [-0.25, -0.2) is 4.79 Å². The van der Waals surface area contributed by atoms with Gasteiger partial charge in [-0.05, 0) is 23.8 Å². The van der Waals surface area contributed by atoms with Crippen LogP contribution in [0.25, 0.3) is 0 Å². The fourth-order valence-corrected chi connectivity index (χ4v) is 2.60. The fourth-order valence-electron chi connectivity index (χ4n) is 2.60. The van der Waals surface area contributed by atoms with E-state index in [2.05, 4.69) is 5.32 Å². The molecule has 0 bridgehead atoms. The van der Waals surface area contributed by atoms with Crippen LogP contribution in [0.3, 0.4) is 0 Å². The van der Waals surface area contributed by atoms with Gasteiger partial charge in [-0.2, -0.15) is 13.2 Å². The molecule has 1 N–H and O–H groups in total. The number of alkyl halides is 3. The van der Waals surface area contributed by atoms with Gasteiger partial charge in [0.05, 0.1) is 5.56 Å². The smallest absolute Gasteiger partial charge is 0.277 e. The molecule has 1 unspecified atom stereocenters. The van der Waals surface area contributed by atoms with Crippen LogP contribution in [0, 0.1) is 0 Å². The van der Waals surface area contributed by atoms with E-state index >= 15 is 0 Å². The summed E-state index contributed by atoms with van der Waals surface area (Å²) in [6.07, 6.45) is -4.62. The Labute approximate surface area is 129 Å². The third-order valence-corrected chi connectivity index (χ3v) is 3.55. The van der Waals surface area contributed by atoms with E-state index in [4.69, 9.17) is 0 Å². The molecule has 4 nitrogen and oxygen atoms in total. The summed E-state index contributed by atoms with van der Waals surface area (Å²) in [5.74, 6) is -0.782. The number of halogens is 3. The molecule has 3 amide bonds. The van der Waals surface area contributed by atoms with Crippen LogP contribution in [0.5, 0.6) is 0 Å². The summed E-state index contributed by atoms with van der Waals surface area (Å²) < 4.78 is 39.7. The second-order valence-corrected chi connectivity index (χ2v) is 4.99. The summed E-state index contributed by atoms with van der Waals surface area (Å²) in [4.78, 5) is 25.2. The average molecular weight is 320 g/mol. The number of hydrogen-bond acceptors (Lipinski definition) is 2. The number of benzene rings is 2. The Morgan fingerprint density at radius 3 is 2.17 bits per heavy atom. The van der Waals surface area contributed by atoms with Crippen molar-refractivity contribution in [2.75, 3.05) is 4.90 Å². The number of urea groups is 1. The molecule has 0 aliphatic carbocycles. The van der Waals surface area contributed by atoms with E-state index in [1.165, 1.54) is 18.2 Å². The van der Waals surface area contributed by atoms with Gasteiger partial charge >= 0.3 is 12.2 Å². The molecule has 0 radical (unpaired) electrons. The highest BCUT2D eigenvalue weighted by Gasteiger charge is 2.45. The van der Waals surface area contributed by atoms with Gasteiger partial charge in [0.15, 0.2) is 0 Å². The number of anilines is 1. The van der Waals surface area contributed by atoms with Gasteiger partial charge in [0.2, 0.25) is 0 Å². The first-order valence-electron chi connectivity index (χ1n) is 6.75. The number of carbonyl (C=O) groups excluding carboxylic acids is 2. The molecule has 1 heterocycles. The summed E-state index contributed by atoms with van der Waals surface area (Å²) >= 11 is 0. The molecular formula is C16H11F3N2O2. The molecule has 1 fully saturated rings. The second kappa shape index (κ2) is 5.42. The van der Waals surface area contributed by atoms with Crippen LogP contribution in [0.15, 0.2) is 54.6 Å². The maximum absolute atomic E-state index is 13.2. The standard InChI is InChI=1S/C16H11F3N2O2/c17-16(18,19)12-9-5-4-8-11(12)13-14(22)20-15(23)21(13)10-6-2-1-3-7-10/h1-9,13H,(H,20,22,23). The first kappa shape index (κ1) is 15.1. The lowest BCUT2D eigenvalue weighted by atomic mass is 9.98. The van der Waals surface area contributed by atoms with E-state index in [1.807, 2.05) is 0 Å². The second-order valence-electron chi connectivity index (χ2n) is 4.99. The van der Waals surface area contributed by atoms with Crippen molar-refractivity contribution in [3.05, 3.63) is 65.7 Å². The third-order valence-electron chi connectivity index (χ3n) is 3.55. The molecule has 2 aromatic rings. The van der Waals surface area contributed by atoms with Crippen LogP contribution in [0.4, 0.5) is 23.7 Å². The van der Waals surface area contributed by atoms with Crippen molar-refractivity contribution in [1.29, 1.82) is 0 Å². The Morgan fingerprint density at radius 1 is 0.913 bits per heavy atom. The van der Waals surface area contributed by atoms with Crippen molar-refractivity contribution in [1.82, 2.24) is 5.32 Å². The molecular weight excluding hydrogens is 309 g/mol. The Kier molecular flexibility index (Phi) is 3.55. The monoisotopic (exact) mass is 320 g/mol. The SMILES string of the molecule is O=C1NC(=O)N(c2ccccc2)C1c1ccccc1C(F)(F)F. The molecule has 0 aromatic heterocycles. The quantitative estimate of drug-likeness (QED) is 0.861. The van der Waals surface area contributed by atoms with Crippen molar-refractivity contribution < 1.29 is 22.8 Å². The minimum Gasteiger partial charge on any atom is -0.277 e. The van der Waals surface area contributed by atoms with Crippen LogP contribution in [0.2, 0.25) is 0 Å². The first-order chi connectivity index (χ1) is 10.9. The average Bonchev–Trinajstić information content (AvgIpc) is 2.81. The van der Waals surface area contributed by atoms with Crippen molar-refractivity contribution in [2.24, 2.45) is 0 Å². The predicted octanol–water partition coefficient (Wildman–Crippen LogP) is 3.50. The summed E-state index contributed by atoms with van der Waals surface area (Å²) in [5, 5.41) is 2.07. The van der Waals surface area contributed by atoms with E-state index in [-0.39, 0.29) is 5.56 Å². The van der Waals surface area contributed by atoms with Gasteiger partial charge < -0.3 is 0 Å². The maximum Gasteiger partial charge on any atom is 0.416 e. The number of para-hydroxylation sites is 1. The zero-order chi connectivity index (χ0) is 16.6. The largest absolute Gasteiger partial charge is 0.416 e. The zero-order valence-electron chi connectivity index (χ0n) is 11.7. The minimum atomic E-state index is -4.62. The molecule has 0 spiro atoms. The number of carbonyl (C=O) groups is 2. The fraction of sp³-hybridized carbons (Fsp3) is 0.125. The highest BCUT2D eigenvalue weighted by Crippen LogP contribution is 2.39. The van der Waals surface area contributed by atoms with E-state index in [0.29, 0.717) is 5.69 Å². The number of rotatable bonds is 2. The first-order valence-corrected chi connectivity index (χ1v) is 6.75. The van der Waals surface area contributed by atoms with E-state index < -0.39 is 29.7 Å². The van der Waals surface area contributed by atoms with E-state index in [9.17, 15) is 22.8 Å². The maximum atomic E-state index is 13.2. The van der Waals surface area contributed by atoms with Gasteiger partial charge in [-0.3, -0.25) is 15.0 Å². The van der Waals surface area contributed by atoms with Gasteiger partial charge in [0, 0.05) is 5.69 Å². The number of amides is 3. The number of nitrogens with one attached hydrogen (secondary N) is 1. The Hall–Kier alpha value is -2.83. The van der Waals surface area contributed by atoms with E-state index in [0.717, 1.165) is 11.0 Å². The molecule has 23 heavy (non-hydrogen) atoms. The lowest BCUT2D eigenvalue weighted by Crippen LogP contribution is -2.30. The lowest BCUT2D eigenvalue weighted by molar-refractivity contribution is -0.138. The summed E-state index contributed by atoms with van der Waals surface area (Å²) in [6, 6.07) is 10.7. The van der Waals surface area contributed by atoms with Crippen molar-refractivity contribution in [3.63, 3.8) is 0 Å². The van der Waals surface area contributed by atoms with Gasteiger partial charge in [-0.15, -0.1) is 0 Å². The Bertz CT molecular complexity index is 759. The zero-order valence-corrected chi connectivity index (χ0v) is 11.7. The van der Waals surface area contributed by atoms with Gasteiger partial charge in [0.1, 0.15) is 6.04 Å². The lowest BCUT2D eigenvalue weighted by Gasteiger charge is -2.24. The highest BCUT2D eigenvalue weighted by molar-refractivity contribution is 6.14. The van der Waals surface area contributed by atoms with Crippen molar-refractivity contribution in [3.8, 4) is 0 Å². The Morgan fingerprint density at radius 2 is 1.52 bits per heavy atom. The topological polar surface area (TPSA) is 49.4 Å². The number of imide groups is 1. The summed E-state index contributed by atoms with van der Waals surface area (Å²) in [7, 11) is 0. The van der Waals surface area contributed by atoms with Crippen molar-refractivity contribution >= 4 is 17.6 Å². The van der Waals surface area contributed by atoms with Gasteiger partial charge in [0.25, 0.3) is 5.91 Å². The molecule has 1 atom stereocenters. The Balaban J connectivity index is 2.14. The van der Waals surface area contributed by atoms with Gasteiger partial charge in [-0.1, -0.05) is 36.4 Å². The third kappa shape index (κ3) is 2.65.